The lowest BCUT2D eigenvalue weighted by atomic mass is 10.0. The van der Waals surface area contributed by atoms with Gasteiger partial charge < -0.3 is 20.1 Å². The lowest BCUT2D eigenvalue weighted by Crippen LogP contribution is -2.32. The van der Waals surface area contributed by atoms with Gasteiger partial charge in [0.1, 0.15) is 12.4 Å². The number of hydrogen-bond acceptors (Lipinski definition) is 3. The zero-order chi connectivity index (χ0) is 22.1. The van der Waals surface area contributed by atoms with E-state index >= 15 is 0 Å². The highest BCUT2D eigenvalue weighted by molar-refractivity contribution is 5.93. The Morgan fingerprint density at radius 3 is 2.52 bits per heavy atom. The number of ether oxygens (including phenoxy) is 1. The molecule has 0 spiro atoms. The molecule has 0 fully saturated rings. The molecule has 0 bridgehead atoms. The van der Waals surface area contributed by atoms with Crippen LogP contribution in [0.4, 0.5) is 0 Å². The third-order valence-electron chi connectivity index (χ3n) is 5.66. The molecular weight excluding hydrogens is 388 g/mol. The average Bonchev–Trinajstić information content (AvgIpc) is 3.17. The maximum absolute atomic E-state index is 11.1. The van der Waals surface area contributed by atoms with Gasteiger partial charge in [-0.3, -0.25) is 0 Å². The van der Waals surface area contributed by atoms with Crippen molar-refractivity contribution in [3.8, 4) is 5.75 Å². The number of hydrogen-bond donors (Lipinski definition) is 2. The summed E-state index contributed by atoms with van der Waals surface area (Å²) >= 11 is 0. The molecule has 1 atom stereocenters. The Labute approximate surface area is 184 Å². The highest BCUT2D eigenvalue weighted by Gasteiger charge is 2.10. The van der Waals surface area contributed by atoms with Crippen molar-refractivity contribution >= 4 is 16.9 Å². The fourth-order valence-electron chi connectivity index (χ4n) is 3.86. The molecule has 2 aromatic carbocycles. The molecule has 0 saturated heterocycles. The zero-order valence-corrected chi connectivity index (χ0v) is 18.4. The van der Waals surface area contributed by atoms with Crippen LogP contribution in [0, 0.1) is 0 Å². The van der Waals surface area contributed by atoms with Crippen LogP contribution in [-0.4, -0.2) is 28.3 Å². The minimum atomic E-state index is -0.919. The van der Waals surface area contributed by atoms with E-state index in [2.05, 4.69) is 19.1 Å². The molecule has 0 saturated carbocycles. The molecular formula is C26H34N2O3. The van der Waals surface area contributed by atoms with E-state index in [1.165, 1.54) is 44.1 Å². The number of aromatic nitrogens is 1. The Bertz CT molecular complexity index is 962. The van der Waals surface area contributed by atoms with Crippen LogP contribution < -0.4 is 10.5 Å². The largest absolute Gasteiger partial charge is 0.492 e. The van der Waals surface area contributed by atoms with E-state index in [4.69, 9.17) is 15.6 Å². The maximum atomic E-state index is 11.1. The van der Waals surface area contributed by atoms with E-state index in [0.717, 1.165) is 23.1 Å². The Morgan fingerprint density at radius 2 is 1.77 bits per heavy atom. The number of nitrogens with zero attached hydrogens (tertiary/aromatic N) is 1. The molecule has 5 nitrogen and oxygen atoms in total. The Balaban J connectivity index is 1.44. The van der Waals surface area contributed by atoms with Crippen LogP contribution in [0.2, 0.25) is 0 Å². The first-order valence-electron chi connectivity index (χ1n) is 11.4. The van der Waals surface area contributed by atoms with Gasteiger partial charge in [-0.05, 0) is 54.8 Å². The maximum Gasteiger partial charge on any atom is 0.335 e. The van der Waals surface area contributed by atoms with Gasteiger partial charge in [-0.1, -0.05) is 51.2 Å². The molecule has 3 aromatic rings. The number of rotatable bonds is 13. The number of benzene rings is 2. The van der Waals surface area contributed by atoms with E-state index in [0.29, 0.717) is 13.2 Å². The van der Waals surface area contributed by atoms with Crippen LogP contribution in [0.1, 0.15) is 61.4 Å². The highest BCUT2D eigenvalue weighted by atomic mass is 16.5. The number of carboxylic acids is 1. The molecule has 1 aromatic heterocycles. The molecule has 5 heteroatoms. The molecule has 0 aliphatic rings. The predicted octanol–water partition coefficient (Wildman–Crippen LogP) is 5.65. The smallest absolute Gasteiger partial charge is 0.335 e. The van der Waals surface area contributed by atoms with E-state index in [1.54, 1.807) is 12.1 Å². The number of nitrogens with two attached hydrogens (primary N) is 1. The Hall–Kier alpha value is -2.79. The first-order chi connectivity index (χ1) is 15.1. The van der Waals surface area contributed by atoms with Crippen molar-refractivity contribution in [2.45, 2.75) is 64.5 Å². The Kier molecular flexibility index (Phi) is 8.53. The van der Waals surface area contributed by atoms with Gasteiger partial charge in [0.05, 0.1) is 11.6 Å². The topological polar surface area (TPSA) is 77.5 Å². The van der Waals surface area contributed by atoms with Gasteiger partial charge in [0, 0.05) is 23.6 Å². The summed E-state index contributed by atoms with van der Waals surface area (Å²) in [7, 11) is 0. The quantitative estimate of drug-likeness (QED) is 0.349. The number of unbranched alkanes of at least 4 members (excludes halogenated alkanes) is 5. The standard InChI is InChI=1S/C26H34N2O3/c1-2-3-4-5-6-7-8-20-9-12-24(13-10-20)31-19-23(27)18-28-16-15-21-17-22(26(29)30)11-14-25(21)28/h9-17,23H,2-8,18-19,27H2,1H3,(H,29,30). The van der Waals surface area contributed by atoms with Gasteiger partial charge in [-0.2, -0.15) is 0 Å². The molecule has 166 valence electrons. The van der Waals surface area contributed by atoms with E-state index in [9.17, 15) is 4.79 Å². The lowest BCUT2D eigenvalue weighted by Gasteiger charge is -2.15. The zero-order valence-electron chi connectivity index (χ0n) is 18.4. The highest BCUT2D eigenvalue weighted by Crippen LogP contribution is 2.19. The molecule has 0 aliphatic heterocycles. The molecule has 1 unspecified atom stereocenters. The first kappa shape index (κ1) is 22.9. The molecule has 1 heterocycles. The fourth-order valence-corrected chi connectivity index (χ4v) is 3.86. The van der Waals surface area contributed by atoms with Crippen LogP contribution in [-0.2, 0) is 13.0 Å². The van der Waals surface area contributed by atoms with E-state index in [-0.39, 0.29) is 11.6 Å². The van der Waals surface area contributed by atoms with Crippen molar-refractivity contribution in [1.29, 1.82) is 0 Å². The number of carbonyl (C=O) groups is 1. The normalized spacial score (nSPS) is 12.2. The van der Waals surface area contributed by atoms with Gasteiger partial charge in [0.2, 0.25) is 0 Å². The Morgan fingerprint density at radius 1 is 1.03 bits per heavy atom. The van der Waals surface area contributed by atoms with Gasteiger partial charge in [0.15, 0.2) is 0 Å². The molecule has 3 rings (SSSR count). The number of aromatic carboxylic acids is 1. The third-order valence-corrected chi connectivity index (χ3v) is 5.66. The van der Waals surface area contributed by atoms with Crippen molar-refractivity contribution in [1.82, 2.24) is 4.57 Å². The predicted molar refractivity (Wildman–Crippen MR) is 126 cm³/mol. The number of carboxylic acid groups (broad SMARTS) is 1. The summed E-state index contributed by atoms with van der Waals surface area (Å²) in [6.45, 7) is 3.27. The molecule has 0 amide bonds. The van der Waals surface area contributed by atoms with Crippen molar-refractivity contribution in [2.24, 2.45) is 5.73 Å². The third kappa shape index (κ3) is 6.86. The van der Waals surface area contributed by atoms with Crippen molar-refractivity contribution in [3.05, 3.63) is 65.9 Å². The lowest BCUT2D eigenvalue weighted by molar-refractivity contribution is 0.0697. The van der Waals surface area contributed by atoms with Gasteiger partial charge in [-0.25, -0.2) is 4.79 Å². The van der Waals surface area contributed by atoms with Crippen molar-refractivity contribution < 1.29 is 14.6 Å². The summed E-state index contributed by atoms with van der Waals surface area (Å²) in [5.41, 5.74) is 8.90. The van der Waals surface area contributed by atoms with E-state index < -0.39 is 5.97 Å². The van der Waals surface area contributed by atoms with Crippen LogP contribution in [0.3, 0.4) is 0 Å². The van der Waals surface area contributed by atoms with Gasteiger partial charge >= 0.3 is 5.97 Å². The monoisotopic (exact) mass is 422 g/mol. The molecule has 31 heavy (non-hydrogen) atoms. The van der Waals surface area contributed by atoms with Gasteiger partial charge in [-0.15, -0.1) is 0 Å². The van der Waals surface area contributed by atoms with Crippen LogP contribution in [0.5, 0.6) is 5.75 Å². The van der Waals surface area contributed by atoms with Crippen molar-refractivity contribution in [2.75, 3.05) is 6.61 Å². The van der Waals surface area contributed by atoms with E-state index in [1.807, 2.05) is 35.0 Å². The number of aryl methyl sites for hydroxylation is 1. The summed E-state index contributed by atoms with van der Waals surface area (Å²) in [5.74, 6) is -0.0802. The number of fused-ring (bicyclic) bond motifs is 1. The molecule has 0 aliphatic carbocycles. The average molecular weight is 423 g/mol. The van der Waals surface area contributed by atoms with Crippen LogP contribution in [0.15, 0.2) is 54.7 Å². The van der Waals surface area contributed by atoms with Crippen LogP contribution in [0.25, 0.3) is 10.9 Å². The summed E-state index contributed by atoms with van der Waals surface area (Å²) in [5, 5.41) is 10.0. The van der Waals surface area contributed by atoms with Gasteiger partial charge in [0.25, 0.3) is 0 Å². The minimum Gasteiger partial charge on any atom is -0.492 e. The minimum absolute atomic E-state index is 0.169. The van der Waals surface area contributed by atoms with Crippen LogP contribution >= 0.6 is 0 Å². The second kappa shape index (κ2) is 11.6. The fraction of sp³-hybridized carbons (Fsp3) is 0.423. The summed E-state index contributed by atoms with van der Waals surface area (Å²) in [4.78, 5) is 11.1. The molecule has 3 N–H and O–H groups in total. The second-order valence-corrected chi connectivity index (χ2v) is 8.28. The summed E-state index contributed by atoms with van der Waals surface area (Å²) < 4.78 is 7.93. The summed E-state index contributed by atoms with van der Waals surface area (Å²) in [6.07, 6.45) is 10.9. The molecule has 0 radical (unpaired) electrons. The SMILES string of the molecule is CCCCCCCCc1ccc(OCC(N)Cn2ccc3cc(C(=O)O)ccc32)cc1. The van der Waals surface area contributed by atoms with Crippen molar-refractivity contribution in [3.63, 3.8) is 0 Å². The second-order valence-electron chi connectivity index (χ2n) is 8.28. The first-order valence-corrected chi connectivity index (χ1v) is 11.4. The summed E-state index contributed by atoms with van der Waals surface area (Å²) in [6, 6.07) is 15.2.